The van der Waals surface area contributed by atoms with Gasteiger partial charge in [-0.25, -0.2) is 4.98 Å². The van der Waals surface area contributed by atoms with Gasteiger partial charge in [0.15, 0.2) is 17.1 Å². The molecule has 0 spiro atoms. The molecule has 0 unspecified atom stereocenters. The normalized spacial score (nSPS) is 17.6. The molecule has 28 heavy (non-hydrogen) atoms. The van der Waals surface area contributed by atoms with Crippen molar-refractivity contribution in [3.8, 4) is 0 Å². The van der Waals surface area contributed by atoms with Crippen LogP contribution in [0.2, 0.25) is 0 Å². The second-order valence-electron chi connectivity index (χ2n) is 7.26. The maximum atomic E-state index is 12.9. The number of benzene rings is 1. The summed E-state index contributed by atoms with van der Waals surface area (Å²) in [6.07, 6.45) is 2.42. The molecule has 0 saturated carbocycles. The summed E-state index contributed by atoms with van der Waals surface area (Å²) < 4.78 is 17.1. The molecular weight excluding hydrogens is 360 g/mol. The van der Waals surface area contributed by atoms with Crippen molar-refractivity contribution in [2.45, 2.75) is 31.7 Å². The third-order valence-corrected chi connectivity index (χ3v) is 5.45. The van der Waals surface area contributed by atoms with Crippen LogP contribution in [0.5, 0.6) is 0 Å². The maximum Gasteiger partial charge on any atom is 0.290 e. The first-order valence-electron chi connectivity index (χ1n) is 9.57. The summed E-state index contributed by atoms with van der Waals surface area (Å²) in [5.41, 5.74) is 0.995. The van der Waals surface area contributed by atoms with E-state index in [0.717, 1.165) is 43.4 Å². The number of amides is 1. The number of carbonyl (C=O) groups is 1. The Morgan fingerprint density at radius 1 is 1.14 bits per heavy atom. The van der Waals surface area contributed by atoms with E-state index >= 15 is 0 Å². The number of hydrogen-bond acceptors (Lipinski definition) is 6. The highest BCUT2D eigenvalue weighted by Gasteiger charge is 2.30. The summed E-state index contributed by atoms with van der Waals surface area (Å²) >= 11 is 0. The first-order chi connectivity index (χ1) is 13.7. The van der Waals surface area contributed by atoms with E-state index in [0.29, 0.717) is 30.5 Å². The van der Waals surface area contributed by atoms with Crippen molar-refractivity contribution in [3.63, 3.8) is 0 Å². The Labute approximate surface area is 160 Å². The highest BCUT2D eigenvalue weighted by molar-refractivity contribution is 5.93. The van der Waals surface area contributed by atoms with Gasteiger partial charge < -0.3 is 18.5 Å². The minimum absolute atomic E-state index is 0.0558. The van der Waals surface area contributed by atoms with E-state index in [1.807, 2.05) is 0 Å². The summed E-state index contributed by atoms with van der Waals surface area (Å²) in [5.74, 6) is 1.64. The van der Waals surface area contributed by atoms with Crippen molar-refractivity contribution in [1.82, 2.24) is 9.88 Å². The zero-order valence-electron chi connectivity index (χ0n) is 15.3. The van der Waals surface area contributed by atoms with Gasteiger partial charge in [-0.15, -0.1) is 0 Å². The molecule has 0 aliphatic carbocycles. The average Bonchev–Trinajstić information content (AvgIpc) is 3.17. The molecular formula is C21H20N2O5. The largest absolute Gasteiger partial charge is 0.451 e. The minimum Gasteiger partial charge on any atom is -0.451 e. The predicted octanol–water partition coefficient (Wildman–Crippen LogP) is 2.87. The van der Waals surface area contributed by atoms with E-state index in [-0.39, 0.29) is 23.0 Å². The van der Waals surface area contributed by atoms with Crippen molar-refractivity contribution in [1.29, 1.82) is 0 Å². The highest BCUT2D eigenvalue weighted by Crippen LogP contribution is 2.30. The number of aromatic nitrogens is 1. The lowest BCUT2D eigenvalue weighted by atomic mass is 10.0. The molecule has 2 aliphatic rings. The lowest BCUT2D eigenvalue weighted by Gasteiger charge is -2.24. The Balaban J connectivity index is 1.39. The molecule has 2 aliphatic heterocycles. The van der Waals surface area contributed by atoms with Gasteiger partial charge in [0.25, 0.3) is 5.91 Å². The molecule has 1 amide bonds. The molecule has 2 aromatic heterocycles. The number of rotatable bonds is 2. The number of carbonyl (C=O) groups excluding carboxylic acids is 1. The van der Waals surface area contributed by atoms with E-state index in [1.54, 1.807) is 29.2 Å². The number of nitrogens with zero attached hydrogens (tertiary/aromatic N) is 2. The van der Waals surface area contributed by atoms with E-state index in [9.17, 15) is 9.59 Å². The van der Waals surface area contributed by atoms with Crippen molar-refractivity contribution < 1.29 is 18.4 Å². The van der Waals surface area contributed by atoms with Gasteiger partial charge in [0, 0.05) is 38.2 Å². The van der Waals surface area contributed by atoms with Crippen molar-refractivity contribution in [2.24, 2.45) is 0 Å². The van der Waals surface area contributed by atoms with Crippen LogP contribution < -0.4 is 5.43 Å². The summed E-state index contributed by atoms with van der Waals surface area (Å²) in [6, 6.07) is 8.21. The van der Waals surface area contributed by atoms with Crippen molar-refractivity contribution in [3.05, 3.63) is 63.7 Å². The van der Waals surface area contributed by atoms with Gasteiger partial charge in [-0.2, -0.15) is 0 Å². The van der Waals surface area contributed by atoms with Crippen molar-refractivity contribution in [2.75, 3.05) is 19.8 Å². The van der Waals surface area contributed by atoms with Gasteiger partial charge in [-0.1, -0.05) is 12.1 Å². The molecule has 0 atom stereocenters. The van der Waals surface area contributed by atoms with Crippen LogP contribution in [0.15, 0.2) is 44.0 Å². The zero-order chi connectivity index (χ0) is 19.1. The van der Waals surface area contributed by atoms with Crippen LogP contribution in [0.1, 0.15) is 46.7 Å². The van der Waals surface area contributed by atoms with Gasteiger partial charge >= 0.3 is 0 Å². The number of ether oxygens (including phenoxy) is 1. The molecule has 1 saturated heterocycles. The smallest absolute Gasteiger partial charge is 0.290 e. The van der Waals surface area contributed by atoms with Crippen LogP contribution in [0.4, 0.5) is 0 Å². The molecule has 3 aromatic rings. The van der Waals surface area contributed by atoms with E-state index in [2.05, 4.69) is 4.98 Å². The second kappa shape index (κ2) is 6.91. The zero-order valence-corrected chi connectivity index (χ0v) is 15.3. The Kier molecular flexibility index (Phi) is 4.24. The third kappa shape index (κ3) is 3.01. The minimum atomic E-state index is -0.302. The second-order valence-corrected chi connectivity index (χ2v) is 7.26. The number of fused-ring (bicyclic) bond motifs is 2. The Morgan fingerprint density at radius 3 is 2.82 bits per heavy atom. The van der Waals surface area contributed by atoms with Crippen LogP contribution in [-0.2, 0) is 17.7 Å². The van der Waals surface area contributed by atoms with Gasteiger partial charge in [0.1, 0.15) is 17.0 Å². The first kappa shape index (κ1) is 17.2. The van der Waals surface area contributed by atoms with Crippen LogP contribution in [0, 0.1) is 0 Å². The topological polar surface area (TPSA) is 85.8 Å². The van der Waals surface area contributed by atoms with Crippen LogP contribution in [-0.4, -0.2) is 35.5 Å². The predicted molar refractivity (Wildman–Crippen MR) is 100 cm³/mol. The molecule has 0 radical (unpaired) electrons. The molecule has 5 rings (SSSR count). The van der Waals surface area contributed by atoms with Crippen molar-refractivity contribution >= 4 is 16.9 Å². The first-order valence-corrected chi connectivity index (χ1v) is 9.57. The summed E-state index contributed by atoms with van der Waals surface area (Å²) in [6.45, 7) is 2.31. The van der Waals surface area contributed by atoms with Crippen LogP contribution in [0.3, 0.4) is 0 Å². The molecule has 7 nitrogen and oxygen atoms in total. The monoisotopic (exact) mass is 380 g/mol. The fraction of sp³-hybridized carbons (Fsp3) is 0.381. The lowest BCUT2D eigenvalue weighted by Crippen LogP contribution is -2.36. The molecule has 0 bridgehead atoms. The van der Waals surface area contributed by atoms with Gasteiger partial charge in [-0.3, -0.25) is 9.59 Å². The Bertz CT molecular complexity index is 1090. The summed E-state index contributed by atoms with van der Waals surface area (Å²) in [4.78, 5) is 31.5. The van der Waals surface area contributed by atoms with E-state index in [4.69, 9.17) is 13.6 Å². The Hall–Kier alpha value is -2.93. The van der Waals surface area contributed by atoms with Gasteiger partial charge in [0.2, 0.25) is 0 Å². The van der Waals surface area contributed by atoms with Crippen LogP contribution in [0.25, 0.3) is 11.0 Å². The SMILES string of the molecule is O=C(c1cc(=O)c2ccccc2o1)N1CCc2oc(C3CCOCC3)nc2C1. The van der Waals surface area contributed by atoms with Crippen LogP contribution >= 0.6 is 0 Å². The molecule has 4 heterocycles. The third-order valence-electron chi connectivity index (χ3n) is 5.45. The molecule has 1 fully saturated rings. The highest BCUT2D eigenvalue weighted by atomic mass is 16.5. The Morgan fingerprint density at radius 2 is 1.96 bits per heavy atom. The average molecular weight is 380 g/mol. The lowest BCUT2D eigenvalue weighted by molar-refractivity contribution is 0.0694. The van der Waals surface area contributed by atoms with E-state index in [1.165, 1.54) is 6.07 Å². The fourth-order valence-electron chi connectivity index (χ4n) is 3.88. The molecule has 7 heteroatoms. The molecule has 0 N–H and O–H groups in total. The molecule has 144 valence electrons. The quantitative estimate of drug-likeness (QED) is 0.680. The number of oxazole rings is 1. The summed E-state index contributed by atoms with van der Waals surface area (Å²) in [7, 11) is 0. The number of hydrogen-bond donors (Lipinski definition) is 0. The van der Waals surface area contributed by atoms with Gasteiger partial charge in [0.05, 0.1) is 11.9 Å². The van der Waals surface area contributed by atoms with E-state index < -0.39 is 0 Å². The molecule has 1 aromatic carbocycles. The standard InChI is InChI=1S/C21H20N2O5/c24-16-11-19(27-17-4-2-1-3-14(16)17)21(25)23-8-5-18-15(12-23)22-20(28-18)13-6-9-26-10-7-13/h1-4,11,13H,5-10,12H2. The van der Waals surface area contributed by atoms with Gasteiger partial charge in [-0.05, 0) is 25.0 Å². The summed E-state index contributed by atoms with van der Waals surface area (Å²) in [5, 5.41) is 0.470. The maximum absolute atomic E-state index is 12.9. The number of para-hydroxylation sites is 1. The fourth-order valence-corrected chi connectivity index (χ4v) is 3.88.